The van der Waals surface area contributed by atoms with Crippen molar-refractivity contribution in [3.05, 3.63) is 57.0 Å². The first-order valence-corrected chi connectivity index (χ1v) is 5.31. The molecule has 0 fully saturated rings. The number of nitrogens with two attached hydrogens (primary N) is 1. The number of carbonyl (C=O) groups is 1. The highest BCUT2D eigenvalue weighted by Crippen LogP contribution is 2.12. The van der Waals surface area contributed by atoms with E-state index < -0.39 is 0 Å². The third-order valence-electron chi connectivity index (χ3n) is 2.29. The first-order valence-electron chi connectivity index (χ1n) is 4.93. The average Bonchev–Trinajstić information content (AvgIpc) is 2.69. The van der Waals surface area contributed by atoms with Crippen molar-refractivity contribution < 1.29 is 4.79 Å². The number of hydrogen-bond acceptors (Lipinski definition) is 3. The fourth-order valence-electron chi connectivity index (χ4n) is 1.51. The molecule has 0 aliphatic rings. The SMILES string of the molecule is NCc1cc(=O)[nH]n1C(=O)c1cccc(Cl)c1. The molecule has 0 spiro atoms. The lowest BCUT2D eigenvalue weighted by Crippen LogP contribution is -2.19. The Kier molecular flexibility index (Phi) is 3.12. The van der Waals surface area contributed by atoms with Crippen LogP contribution in [0.25, 0.3) is 0 Å². The number of benzene rings is 1. The predicted molar refractivity (Wildman–Crippen MR) is 64.1 cm³/mol. The fourth-order valence-corrected chi connectivity index (χ4v) is 1.70. The molecule has 1 aromatic heterocycles. The third kappa shape index (κ3) is 2.30. The lowest BCUT2D eigenvalue weighted by Gasteiger charge is -2.05. The van der Waals surface area contributed by atoms with E-state index in [1.54, 1.807) is 18.2 Å². The van der Waals surface area contributed by atoms with Gasteiger partial charge in [0.1, 0.15) is 0 Å². The third-order valence-corrected chi connectivity index (χ3v) is 2.53. The molecule has 2 aromatic rings. The molecule has 0 unspecified atom stereocenters. The molecule has 5 nitrogen and oxygen atoms in total. The number of nitrogens with one attached hydrogen (secondary N) is 1. The highest BCUT2D eigenvalue weighted by atomic mass is 35.5. The van der Waals surface area contributed by atoms with E-state index in [2.05, 4.69) is 5.10 Å². The summed E-state index contributed by atoms with van der Waals surface area (Å²) in [4.78, 5) is 23.2. The van der Waals surface area contributed by atoms with E-state index in [-0.39, 0.29) is 18.0 Å². The molecule has 0 amide bonds. The Morgan fingerprint density at radius 3 is 2.82 bits per heavy atom. The summed E-state index contributed by atoms with van der Waals surface area (Å²) in [5.41, 5.74) is 5.91. The maximum atomic E-state index is 12.1. The number of nitrogens with zero attached hydrogens (tertiary/aromatic N) is 1. The smallest absolute Gasteiger partial charge is 0.276 e. The summed E-state index contributed by atoms with van der Waals surface area (Å²) in [6, 6.07) is 7.78. The maximum absolute atomic E-state index is 12.1. The quantitative estimate of drug-likeness (QED) is 0.835. The molecule has 0 radical (unpaired) electrons. The monoisotopic (exact) mass is 251 g/mol. The van der Waals surface area contributed by atoms with Crippen LogP contribution in [0, 0.1) is 0 Å². The molecule has 6 heteroatoms. The Morgan fingerprint density at radius 2 is 2.18 bits per heavy atom. The van der Waals surface area contributed by atoms with Gasteiger partial charge in [-0.05, 0) is 18.2 Å². The summed E-state index contributed by atoms with van der Waals surface area (Å²) < 4.78 is 1.13. The van der Waals surface area contributed by atoms with Crippen molar-refractivity contribution >= 4 is 17.5 Å². The van der Waals surface area contributed by atoms with Gasteiger partial charge in [0.05, 0.1) is 5.69 Å². The van der Waals surface area contributed by atoms with Gasteiger partial charge in [0, 0.05) is 23.2 Å². The van der Waals surface area contributed by atoms with Gasteiger partial charge < -0.3 is 5.73 Å². The van der Waals surface area contributed by atoms with Crippen LogP contribution in [-0.2, 0) is 6.54 Å². The van der Waals surface area contributed by atoms with Gasteiger partial charge in [-0.15, -0.1) is 0 Å². The van der Waals surface area contributed by atoms with Gasteiger partial charge in [0.2, 0.25) is 0 Å². The standard InChI is InChI=1S/C11H10ClN3O2/c12-8-3-1-2-7(4-8)11(17)15-9(6-13)5-10(16)14-15/h1-5H,6,13H2,(H,14,16). The molecular formula is C11H10ClN3O2. The minimum atomic E-state index is -0.366. The fraction of sp³-hybridized carbons (Fsp3) is 0.0909. The average molecular weight is 252 g/mol. The lowest BCUT2D eigenvalue weighted by molar-refractivity contribution is 0.0941. The van der Waals surface area contributed by atoms with Crippen LogP contribution in [0.4, 0.5) is 0 Å². The van der Waals surface area contributed by atoms with E-state index in [1.807, 2.05) is 0 Å². The Bertz CT molecular complexity index is 615. The molecule has 0 atom stereocenters. The van der Waals surface area contributed by atoms with E-state index in [0.717, 1.165) is 4.68 Å². The lowest BCUT2D eigenvalue weighted by atomic mass is 10.2. The predicted octanol–water partition coefficient (Wildman–Crippen LogP) is 0.977. The summed E-state index contributed by atoms with van der Waals surface area (Å²) in [5, 5.41) is 2.86. The summed E-state index contributed by atoms with van der Waals surface area (Å²) in [5.74, 6) is -0.366. The molecule has 0 saturated carbocycles. The zero-order valence-electron chi connectivity index (χ0n) is 8.81. The summed E-state index contributed by atoms with van der Waals surface area (Å²) in [7, 11) is 0. The zero-order chi connectivity index (χ0) is 12.4. The van der Waals surface area contributed by atoms with Crippen LogP contribution in [0.3, 0.4) is 0 Å². The van der Waals surface area contributed by atoms with Gasteiger partial charge in [0.25, 0.3) is 11.5 Å². The van der Waals surface area contributed by atoms with Gasteiger partial charge >= 0.3 is 0 Å². The van der Waals surface area contributed by atoms with Gasteiger partial charge in [-0.3, -0.25) is 14.7 Å². The van der Waals surface area contributed by atoms with Crippen molar-refractivity contribution in [2.24, 2.45) is 5.73 Å². The molecule has 88 valence electrons. The van der Waals surface area contributed by atoms with E-state index >= 15 is 0 Å². The minimum absolute atomic E-state index is 0.102. The Labute approximate surface area is 102 Å². The molecule has 3 N–H and O–H groups in total. The van der Waals surface area contributed by atoms with Gasteiger partial charge in [-0.25, -0.2) is 4.68 Å². The Balaban J connectivity index is 2.47. The van der Waals surface area contributed by atoms with E-state index in [9.17, 15) is 9.59 Å². The second kappa shape index (κ2) is 4.57. The molecular weight excluding hydrogens is 242 g/mol. The van der Waals surface area contributed by atoms with E-state index in [4.69, 9.17) is 17.3 Å². The van der Waals surface area contributed by atoms with Crippen molar-refractivity contribution in [1.82, 2.24) is 9.78 Å². The summed E-state index contributed by atoms with van der Waals surface area (Å²) >= 11 is 5.80. The van der Waals surface area contributed by atoms with Crippen LogP contribution in [0.2, 0.25) is 5.02 Å². The van der Waals surface area contributed by atoms with E-state index in [1.165, 1.54) is 12.1 Å². The zero-order valence-corrected chi connectivity index (χ0v) is 9.57. The Hall–Kier alpha value is -1.85. The topological polar surface area (TPSA) is 80.9 Å². The number of carbonyl (C=O) groups excluding carboxylic acids is 1. The number of rotatable bonds is 2. The maximum Gasteiger partial charge on any atom is 0.276 e. The Morgan fingerprint density at radius 1 is 1.41 bits per heavy atom. The van der Waals surface area contributed by atoms with E-state index in [0.29, 0.717) is 16.3 Å². The number of aromatic nitrogens is 2. The normalized spacial score (nSPS) is 10.5. The summed E-state index contributed by atoms with van der Waals surface area (Å²) in [6.45, 7) is 0.102. The second-order valence-electron chi connectivity index (χ2n) is 3.47. The number of hydrogen-bond donors (Lipinski definition) is 2. The molecule has 1 aromatic carbocycles. The van der Waals surface area contributed by atoms with Crippen LogP contribution in [0.5, 0.6) is 0 Å². The minimum Gasteiger partial charge on any atom is -0.325 e. The van der Waals surface area contributed by atoms with Gasteiger partial charge in [0.15, 0.2) is 0 Å². The molecule has 0 saturated heterocycles. The molecule has 0 bridgehead atoms. The molecule has 1 heterocycles. The number of aromatic amines is 1. The van der Waals surface area contributed by atoms with Crippen LogP contribution < -0.4 is 11.3 Å². The van der Waals surface area contributed by atoms with Crippen molar-refractivity contribution in [3.8, 4) is 0 Å². The molecule has 17 heavy (non-hydrogen) atoms. The van der Waals surface area contributed by atoms with Crippen LogP contribution in [0.1, 0.15) is 16.1 Å². The van der Waals surface area contributed by atoms with Crippen molar-refractivity contribution in [1.29, 1.82) is 0 Å². The largest absolute Gasteiger partial charge is 0.325 e. The summed E-state index contributed by atoms with van der Waals surface area (Å²) in [6.07, 6.45) is 0. The van der Waals surface area contributed by atoms with Crippen LogP contribution in [-0.4, -0.2) is 15.7 Å². The number of H-pyrrole nitrogens is 1. The van der Waals surface area contributed by atoms with Gasteiger partial charge in [-0.1, -0.05) is 17.7 Å². The highest BCUT2D eigenvalue weighted by Gasteiger charge is 2.13. The molecule has 0 aliphatic carbocycles. The molecule has 2 rings (SSSR count). The van der Waals surface area contributed by atoms with Gasteiger partial charge in [-0.2, -0.15) is 0 Å². The highest BCUT2D eigenvalue weighted by molar-refractivity contribution is 6.30. The molecule has 0 aliphatic heterocycles. The van der Waals surface area contributed by atoms with Crippen molar-refractivity contribution in [2.75, 3.05) is 0 Å². The van der Waals surface area contributed by atoms with Crippen LogP contribution >= 0.6 is 11.6 Å². The number of halogens is 1. The van der Waals surface area contributed by atoms with Crippen molar-refractivity contribution in [2.45, 2.75) is 6.54 Å². The van der Waals surface area contributed by atoms with Crippen LogP contribution in [0.15, 0.2) is 35.1 Å². The first kappa shape index (κ1) is 11.6. The first-order chi connectivity index (χ1) is 8.11. The second-order valence-corrected chi connectivity index (χ2v) is 3.90. The van der Waals surface area contributed by atoms with Crippen molar-refractivity contribution in [3.63, 3.8) is 0 Å².